The molecule has 1 N–H and O–H groups in total. The molecule has 0 saturated heterocycles. The van der Waals surface area contributed by atoms with Crippen molar-refractivity contribution in [2.75, 3.05) is 6.61 Å². The lowest BCUT2D eigenvalue weighted by Crippen LogP contribution is -2.61. The lowest BCUT2D eigenvalue weighted by molar-refractivity contribution is -0.372. The van der Waals surface area contributed by atoms with Crippen LogP contribution in [0.4, 0.5) is 48.3 Å². The third kappa shape index (κ3) is 6.89. The highest BCUT2D eigenvalue weighted by Gasteiger charge is 2.71. The van der Waals surface area contributed by atoms with Gasteiger partial charge >= 0.3 is 51.6 Å². The molecular formula is C11H7F11O8S. The average Bonchev–Trinajstić information content (AvgIpc) is 2.51. The Morgan fingerprint density at radius 1 is 0.935 bits per heavy atom. The van der Waals surface area contributed by atoms with Crippen molar-refractivity contribution in [1.82, 2.24) is 0 Å². The van der Waals surface area contributed by atoms with Gasteiger partial charge in [0, 0.05) is 6.08 Å². The summed E-state index contributed by atoms with van der Waals surface area (Å²) in [6, 6.07) is 0. The van der Waals surface area contributed by atoms with Crippen LogP contribution in [-0.4, -0.2) is 67.2 Å². The van der Waals surface area contributed by atoms with Crippen LogP contribution in [-0.2, 0) is 33.9 Å². The average molecular weight is 508 g/mol. The Morgan fingerprint density at radius 3 is 1.65 bits per heavy atom. The van der Waals surface area contributed by atoms with Gasteiger partial charge in [0.25, 0.3) is 6.10 Å². The highest BCUT2D eigenvalue weighted by molar-refractivity contribution is 7.86. The van der Waals surface area contributed by atoms with Gasteiger partial charge < -0.3 is 14.2 Å². The zero-order valence-corrected chi connectivity index (χ0v) is 14.8. The summed E-state index contributed by atoms with van der Waals surface area (Å²) < 4.78 is 179. The van der Waals surface area contributed by atoms with Gasteiger partial charge in [-0.25, -0.2) is 9.59 Å². The molecule has 0 aliphatic heterocycles. The third-order valence-corrected chi connectivity index (χ3v) is 3.57. The Bertz CT molecular complexity index is 784. The highest BCUT2D eigenvalue weighted by Crippen LogP contribution is 2.42. The molecule has 0 aliphatic rings. The van der Waals surface area contributed by atoms with E-state index in [0.717, 1.165) is 0 Å². The summed E-state index contributed by atoms with van der Waals surface area (Å²) >= 11 is 0. The van der Waals surface area contributed by atoms with Gasteiger partial charge in [-0.05, 0) is 0 Å². The van der Waals surface area contributed by atoms with E-state index in [1.807, 2.05) is 0 Å². The minimum atomic E-state index is -6.74. The van der Waals surface area contributed by atoms with Crippen LogP contribution in [0, 0.1) is 0 Å². The summed E-state index contributed by atoms with van der Waals surface area (Å²) in [5, 5.41) is -5.72. The molecule has 0 radical (unpaired) electrons. The van der Waals surface area contributed by atoms with Crippen LogP contribution in [0.1, 0.15) is 0 Å². The molecule has 0 rings (SSSR count). The van der Waals surface area contributed by atoms with Gasteiger partial charge in [-0.15, -0.1) is 0 Å². The molecule has 0 amide bonds. The molecule has 31 heavy (non-hydrogen) atoms. The summed E-state index contributed by atoms with van der Waals surface area (Å²) in [5.74, 6) is -12.1. The Balaban J connectivity index is 6.54. The maximum atomic E-state index is 13.3. The predicted molar refractivity (Wildman–Crippen MR) is 69.5 cm³/mol. The normalized spacial score (nSPS) is 15.9. The van der Waals surface area contributed by atoms with E-state index in [1.165, 1.54) is 0 Å². The summed E-state index contributed by atoms with van der Waals surface area (Å²) in [6.07, 6.45) is -25.5. The Kier molecular flexibility index (Phi) is 8.10. The second-order valence-electron chi connectivity index (χ2n) is 5.01. The number of alkyl halides is 11. The zero-order chi connectivity index (χ0) is 25.3. The highest BCUT2D eigenvalue weighted by atomic mass is 32.2. The van der Waals surface area contributed by atoms with E-state index in [4.69, 9.17) is 4.55 Å². The SMILES string of the molecule is C=CC(=O)OC(OCC(F)(F)S(=O)(=O)O)(C(=O)OC(C(F)(F)F)C(F)(F)F)C(F)(F)F. The van der Waals surface area contributed by atoms with E-state index in [-0.39, 0.29) is 6.08 Å². The first-order valence-electron chi connectivity index (χ1n) is 6.68. The van der Waals surface area contributed by atoms with Gasteiger partial charge in [-0.2, -0.15) is 56.7 Å². The Hall–Kier alpha value is -2.22. The van der Waals surface area contributed by atoms with Crippen LogP contribution in [0.5, 0.6) is 0 Å². The first-order chi connectivity index (χ1) is 13.4. The van der Waals surface area contributed by atoms with Crippen LogP contribution < -0.4 is 0 Å². The van der Waals surface area contributed by atoms with Crippen LogP contribution in [0.3, 0.4) is 0 Å². The maximum absolute atomic E-state index is 13.3. The molecule has 1 atom stereocenters. The minimum absolute atomic E-state index is 0.261. The number of ether oxygens (including phenoxy) is 3. The summed E-state index contributed by atoms with van der Waals surface area (Å²) in [5.41, 5.74) is 0. The van der Waals surface area contributed by atoms with Crippen molar-refractivity contribution in [3.05, 3.63) is 12.7 Å². The molecule has 0 spiro atoms. The van der Waals surface area contributed by atoms with Gasteiger partial charge in [0.15, 0.2) is 0 Å². The standard InChI is InChI=1S/C11H7F11O8S/c1-2-4(23)30-8(11(20,21)22,28-3-7(12,13)31(25,26)27)6(24)29-5(9(14,15)16)10(17,18)19/h2,5H,1,3H2,(H,25,26,27). The van der Waals surface area contributed by atoms with Crippen LogP contribution in [0.15, 0.2) is 12.7 Å². The van der Waals surface area contributed by atoms with Crippen LogP contribution >= 0.6 is 0 Å². The van der Waals surface area contributed by atoms with E-state index in [2.05, 4.69) is 20.8 Å². The van der Waals surface area contributed by atoms with Crippen molar-refractivity contribution >= 4 is 22.1 Å². The molecule has 0 aromatic rings. The number of carbonyl (C=O) groups excluding carboxylic acids is 2. The van der Waals surface area contributed by atoms with E-state index < -0.39 is 64.3 Å². The van der Waals surface area contributed by atoms with Gasteiger partial charge in [0.1, 0.15) is 6.61 Å². The van der Waals surface area contributed by atoms with Gasteiger partial charge in [-0.1, -0.05) is 6.58 Å². The molecule has 1 unspecified atom stereocenters. The minimum Gasteiger partial charge on any atom is -0.438 e. The fourth-order valence-electron chi connectivity index (χ4n) is 1.33. The smallest absolute Gasteiger partial charge is 0.438 e. The number of hydrogen-bond donors (Lipinski definition) is 1. The van der Waals surface area contributed by atoms with Crippen molar-refractivity contribution in [1.29, 1.82) is 0 Å². The fourth-order valence-corrected chi connectivity index (χ4v) is 1.54. The lowest BCUT2D eigenvalue weighted by Gasteiger charge is -2.34. The molecule has 8 nitrogen and oxygen atoms in total. The van der Waals surface area contributed by atoms with E-state index >= 15 is 0 Å². The van der Waals surface area contributed by atoms with Crippen molar-refractivity contribution < 1.29 is 85.1 Å². The summed E-state index contributed by atoms with van der Waals surface area (Å²) in [4.78, 5) is 22.6. The molecular weight excluding hydrogens is 501 g/mol. The predicted octanol–water partition coefficient (Wildman–Crippen LogP) is 2.51. The maximum Gasteiger partial charge on any atom is 0.468 e. The molecule has 182 valence electrons. The molecule has 0 heterocycles. The number of rotatable bonds is 8. The molecule has 0 bridgehead atoms. The molecule has 0 fully saturated rings. The Labute approximate surface area is 163 Å². The number of carbonyl (C=O) groups is 2. The summed E-state index contributed by atoms with van der Waals surface area (Å²) in [7, 11) is -6.60. The largest absolute Gasteiger partial charge is 0.468 e. The second kappa shape index (κ2) is 8.73. The number of halogens is 11. The van der Waals surface area contributed by atoms with E-state index in [9.17, 15) is 66.3 Å². The first-order valence-corrected chi connectivity index (χ1v) is 8.12. The number of hydrogen-bond acceptors (Lipinski definition) is 7. The fraction of sp³-hybridized carbons (Fsp3) is 0.636. The first kappa shape index (κ1) is 28.8. The zero-order valence-electron chi connectivity index (χ0n) is 13.9. The second-order valence-corrected chi connectivity index (χ2v) is 6.56. The molecule has 0 aromatic carbocycles. The Morgan fingerprint density at radius 2 is 1.35 bits per heavy atom. The topological polar surface area (TPSA) is 116 Å². The van der Waals surface area contributed by atoms with Crippen molar-refractivity contribution in [2.24, 2.45) is 0 Å². The molecule has 0 aromatic heterocycles. The van der Waals surface area contributed by atoms with Gasteiger partial charge in [-0.3, -0.25) is 4.55 Å². The monoisotopic (exact) mass is 508 g/mol. The third-order valence-electron chi connectivity index (χ3n) is 2.69. The van der Waals surface area contributed by atoms with Crippen LogP contribution in [0.2, 0.25) is 0 Å². The lowest BCUT2D eigenvalue weighted by atomic mass is 10.2. The quantitative estimate of drug-likeness (QED) is 0.175. The van der Waals surface area contributed by atoms with Gasteiger partial charge in [0.2, 0.25) is 0 Å². The van der Waals surface area contributed by atoms with E-state index in [0.29, 0.717) is 0 Å². The van der Waals surface area contributed by atoms with Crippen molar-refractivity contribution in [3.8, 4) is 0 Å². The molecule has 0 aliphatic carbocycles. The van der Waals surface area contributed by atoms with E-state index in [1.54, 1.807) is 0 Å². The molecule has 20 heteroatoms. The van der Waals surface area contributed by atoms with Gasteiger partial charge in [0.05, 0.1) is 0 Å². The van der Waals surface area contributed by atoms with Crippen molar-refractivity contribution in [2.45, 2.75) is 35.7 Å². The summed E-state index contributed by atoms with van der Waals surface area (Å²) in [6.45, 7) is -0.776. The molecule has 0 saturated carbocycles. The number of esters is 2. The van der Waals surface area contributed by atoms with Crippen LogP contribution in [0.25, 0.3) is 0 Å². The van der Waals surface area contributed by atoms with Crippen molar-refractivity contribution in [3.63, 3.8) is 0 Å².